The molecule has 0 bridgehead atoms. The van der Waals surface area contributed by atoms with Gasteiger partial charge in [0.1, 0.15) is 11.8 Å². The van der Waals surface area contributed by atoms with E-state index in [2.05, 4.69) is 6.58 Å². The van der Waals surface area contributed by atoms with Crippen LogP contribution in [-0.4, -0.2) is 47.7 Å². The van der Waals surface area contributed by atoms with E-state index < -0.39 is 35.5 Å². The minimum absolute atomic E-state index is 0.101. The zero-order chi connectivity index (χ0) is 27.6. The van der Waals surface area contributed by atoms with Gasteiger partial charge in [0.15, 0.2) is 0 Å². The van der Waals surface area contributed by atoms with Crippen LogP contribution in [0, 0.1) is 17.8 Å². The molecule has 2 aromatic rings. The highest BCUT2D eigenvalue weighted by atomic mass is 35.5. The summed E-state index contributed by atoms with van der Waals surface area (Å²) < 4.78 is 11.6. The second-order valence-electron chi connectivity index (χ2n) is 10.9. The van der Waals surface area contributed by atoms with Crippen LogP contribution < -0.4 is 4.74 Å². The molecule has 204 valence electrons. The number of benzene rings is 2. The van der Waals surface area contributed by atoms with Gasteiger partial charge in [0, 0.05) is 35.4 Å². The standard InChI is InChI=1S/C31H38ClNO5/c1-19(23-18-22(32)16-17-24(23)37-4)25-26(31(2,3)38-5)28(30(35)36)33(27(25)20-12-8-6-9-13-20)29(34)21-14-10-7-11-15-21/h6,8-9,12-13,16-18,21,25-28H,1,7,10-11,14-15H2,2-5H3,(H,35,36)/t25?,26?,27-,28-/m1/s1. The molecule has 1 amide bonds. The molecule has 7 heteroatoms. The number of amides is 1. The molecule has 1 N–H and O–H groups in total. The Labute approximate surface area is 230 Å². The van der Waals surface area contributed by atoms with Crippen LogP contribution in [0.4, 0.5) is 0 Å². The zero-order valence-corrected chi connectivity index (χ0v) is 23.4. The van der Waals surface area contributed by atoms with Crippen molar-refractivity contribution in [3.63, 3.8) is 0 Å². The fourth-order valence-corrected chi connectivity index (χ4v) is 6.68. The van der Waals surface area contributed by atoms with Gasteiger partial charge in [0.05, 0.1) is 18.8 Å². The van der Waals surface area contributed by atoms with Crippen LogP contribution >= 0.6 is 11.6 Å². The molecule has 0 spiro atoms. The largest absolute Gasteiger partial charge is 0.496 e. The van der Waals surface area contributed by atoms with Gasteiger partial charge in [0.2, 0.25) is 5.91 Å². The van der Waals surface area contributed by atoms with Crippen molar-refractivity contribution in [2.24, 2.45) is 17.8 Å². The number of carbonyl (C=O) groups excluding carboxylic acids is 1. The molecule has 0 aromatic heterocycles. The smallest absolute Gasteiger partial charge is 0.326 e. The highest BCUT2D eigenvalue weighted by Crippen LogP contribution is 2.56. The van der Waals surface area contributed by atoms with Gasteiger partial charge in [0.25, 0.3) is 0 Å². The van der Waals surface area contributed by atoms with Crippen LogP contribution in [0.2, 0.25) is 5.02 Å². The third-order valence-electron chi connectivity index (χ3n) is 8.51. The summed E-state index contributed by atoms with van der Waals surface area (Å²) in [6.07, 6.45) is 4.59. The third kappa shape index (κ3) is 5.21. The number of methoxy groups -OCH3 is 2. The highest BCUT2D eigenvalue weighted by Gasteiger charge is 2.60. The number of hydrogen-bond acceptors (Lipinski definition) is 4. The number of likely N-dealkylation sites (tertiary alicyclic amines) is 1. The Morgan fingerprint density at radius 3 is 2.29 bits per heavy atom. The van der Waals surface area contributed by atoms with Gasteiger partial charge in [-0.15, -0.1) is 0 Å². The van der Waals surface area contributed by atoms with Crippen LogP contribution in [-0.2, 0) is 14.3 Å². The lowest BCUT2D eigenvalue weighted by molar-refractivity contribution is -0.156. The van der Waals surface area contributed by atoms with Crippen molar-refractivity contribution in [2.75, 3.05) is 14.2 Å². The van der Waals surface area contributed by atoms with Gasteiger partial charge in [-0.25, -0.2) is 4.79 Å². The summed E-state index contributed by atoms with van der Waals surface area (Å²) in [5.41, 5.74) is 1.33. The van der Waals surface area contributed by atoms with Gasteiger partial charge >= 0.3 is 5.97 Å². The molecule has 1 saturated carbocycles. The maximum absolute atomic E-state index is 14.3. The average molecular weight is 540 g/mol. The Morgan fingerprint density at radius 1 is 1.05 bits per heavy atom. The molecule has 2 fully saturated rings. The molecule has 38 heavy (non-hydrogen) atoms. The predicted octanol–water partition coefficient (Wildman–Crippen LogP) is 6.64. The van der Waals surface area contributed by atoms with Crippen LogP contribution in [0.5, 0.6) is 5.75 Å². The zero-order valence-electron chi connectivity index (χ0n) is 22.7. The number of carboxylic acid groups (broad SMARTS) is 1. The van der Waals surface area contributed by atoms with Crippen molar-refractivity contribution < 1.29 is 24.2 Å². The first-order chi connectivity index (χ1) is 18.1. The lowest BCUT2D eigenvalue weighted by Gasteiger charge is -2.38. The number of rotatable bonds is 8. The van der Waals surface area contributed by atoms with Crippen LogP contribution in [0.15, 0.2) is 55.1 Å². The van der Waals surface area contributed by atoms with Crippen LogP contribution in [0.25, 0.3) is 5.57 Å². The van der Waals surface area contributed by atoms with Gasteiger partial charge in [-0.2, -0.15) is 0 Å². The molecule has 4 rings (SSSR count). The molecule has 1 heterocycles. The normalized spacial score (nSPS) is 24.3. The average Bonchev–Trinajstić information content (AvgIpc) is 3.30. The molecule has 2 aromatic carbocycles. The Kier molecular flexibility index (Phi) is 8.53. The number of aliphatic carboxylic acids is 1. The van der Waals surface area contributed by atoms with Crippen molar-refractivity contribution >= 4 is 29.1 Å². The summed E-state index contributed by atoms with van der Waals surface area (Å²) in [6, 6.07) is 13.3. The Morgan fingerprint density at radius 2 is 1.71 bits per heavy atom. The fourth-order valence-electron chi connectivity index (χ4n) is 6.50. The molecular formula is C31H38ClNO5. The maximum atomic E-state index is 14.3. The molecule has 0 radical (unpaired) electrons. The first-order valence-electron chi connectivity index (χ1n) is 13.3. The molecule has 1 aliphatic heterocycles. The highest BCUT2D eigenvalue weighted by molar-refractivity contribution is 6.30. The van der Waals surface area contributed by atoms with E-state index in [0.29, 0.717) is 21.9 Å². The maximum Gasteiger partial charge on any atom is 0.326 e. The summed E-state index contributed by atoms with van der Waals surface area (Å²) in [5, 5.41) is 11.2. The van der Waals surface area contributed by atoms with E-state index in [4.69, 9.17) is 21.1 Å². The number of carboxylic acids is 1. The minimum atomic E-state index is -1.10. The molecule has 4 atom stereocenters. The van der Waals surface area contributed by atoms with E-state index in [9.17, 15) is 14.7 Å². The van der Waals surface area contributed by atoms with Crippen molar-refractivity contribution in [2.45, 2.75) is 63.6 Å². The van der Waals surface area contributed by atoms with E-state index in [1.165, 1.54) is 0 Å². The number of nitrogens with zero attached hydrogens (tertiary/aromatic N) is 1. The van der Waals surface area contributed by atoms with Gasteiger partial charge in [-0.3, -0.25) is 4.79 Å². The lowest BCUT2D eigenvalue weighted by atomic mass is 9.70. The van der Waals surface area contributed by atoms with Crippen molar-refractivity contribution in [1.29, 1.82) is 0 Å². The minimum Gasteiger partial charge on any atom is -0.496 e. The van der Waals surface area contributed by atoms with E-state index in [1.807, 2.05) is 44.2 Å². The first kappa shape index (κ1) is 28.2. The second kappa shape index (κ2) is 11.5. The van der Waals surface area contributed by atoms with Crippen molar-refractivity contribution in [3.05, 3.63) is 71.3 Å². The van der Waals surface area contributed by atoms with E-state index in [0.717, 1.165) is 37.7 Å². The van der Waals surface area contributed by atoms with Crippen molar-refractivity contribution in [1.82, 2.24) is 4.90 Å². The van der Waals surface area contributed by atoms with Gasteiger partial charge in [-0.1, -0.05) is 67.8 Å². The molecular weight excluding hydrogens is 502 g/mol. The molecule has 1 aliphatic carbocycles. The Hall–Kier alpha value is -2.83. The number of carbonyl (C=O) groups is 2. The first-order valence-corrected chi connectivity index (χ1v) is 13.7. The summed E-state index contributed by atoms with van der Waals surface area (Å²) in [7, 11) is 3.17. The molecule has 6 nitrogen and oxygen atoms in total. The summed E-state index contributed by atoms with van der Waals surface area (Å²) >= 11 is 6.41. The van der Waals surface area contributed by atoms with Crippen LogP contribution in [0.3, 0.4) is 0 Å². The Bertz CT molecular complexity index is 1170. The Balaban J connectivity index is 1.97. The predicted molar refractivity (Wildman–Crippen MR) is 149 cm³/mol. The van der Waals surface area contributed by atoms with E-state index in [1.54, 1.807) is 37.3 Å². The summed E-state index contributed by atoms with van der Waals surface area (Å²) in [4.78, 5) is 29.0. The van der Waals surface area contributed by atoms with E-state index in [-0.39, 0.29) is 11.8 Å². The van der Waals surface area contributed by atoms with Gasteiger partial charge < -0.3 is 19.5 Å². The van der Waals surface area contributed by atoms with Gasteiger partial charge in [-0.05, 0) is 56.0 Å². The fraction of sp³-hybridized carbons (Fsp3) is 0.484. The topological polar surface area (TPSA) is 76.1 Å². The van der Waals surface area contributed by atoms with Crippen molar-refractivity contribution in [3.8, 4) is 5.75 Å². The SMILES string of the molecule is C=C(c1cc(Cl)ccc1OC)C1C(C(C)(C)OC)[C@H](C(=O)O)N(C(=O)C2CCCCC2)[C@@H]1c1ccccc1. The molecule has 2 unspecified atom stereocenters. The lowest BCUT2D eigenvalue weighted by Crippen LogP contribution is -2.51. The number of ether oxygens (including phenoxy) is 2. The molecule has 2 aliphatic rings. The number of halogens is 1. The summed E-state index contributed by atoms with van der Waals surface area (Å²) in [6.45, 7) is 8.28. The molecule has 1 saturated heterocycles. The monoisotopic (exact) mass is 539 g/mol. The summed E-state index contributed by atoms with van der Waals surface area (Å²) in [5.74, 6) is -1.83. The quantitative estimate of drug-likeness (QED) is 0.407. The third-order valence-corrected chi connectivity index (χ3v) is 8.74. The van der Waals surface area contributed by atoms with Crippen LogP contribution in [0.1, 0.15) is 63.1 Å². The van der Waals surface area contributed by atoms with E-state index >= 15 is 0 Å². The number of hydrogen-bond donors (Lipinski definition) is 1. The second-order valence-corrected chi connectivity index (χ2v) is 11.4.